The minimum atomic E-state index is -2.78. The van der Waals surface area contributed by atoms with Crippen LogP contribution in [0.5, 0.6) is 5.75 Å². The first-order valence-electron chi connectivity index (χ1n) is 8.25. The van der Waals surface area contributed by atoms with Crippen molar-refractivity contribution < 1.29 is 4.74 Å². The van der Waals surface area contributed by atoms with Crippen molar-refractivity contribution in [1.82, 2.24) is 0 Å². The van der Waals surface area contributed by atoms with Crippen molar-refractivity contribution in [3.8, 4) is 5.75 Å². The van der Waals surface area contributed by atoms with Gasteiger partial charge in [-0.15, -0.1) is 0 Å². The summed E-state index contributed by atoms with van der Waals surface area (Å²) in [4.78, 5) is 24.3. The van der Waals surface area contributed by atoms with Gasteiger partial charge in [0, 0.05) is 0 Å². The Balaban J connectivity index is 3.34. The zero-order chi connectivity index (χ0) is 16.3. The Morgan fingerprint density at radius 3 is 1.62 bits per heavy atom. The number of hydrogen-bond acceptors (Lipinski definition) is 3. The van der Waals surface area contributed by atoms with E-state index < -0.39 is 24.0 Å². The van der Waals surface area contributed by atoms with Crippen molar-refractivity contribution in [3.05, 3.63) is 20.4 Å². The van der Waals surface area contributed by atoms with Crippen LogP contribution in [-0.2, 0) is 0 Å². The third-order valence-corrected chi connectivity index (χ3v) is 20.8. The van der Waals surface area contributed by atoms with Gasteiger partial charge >= 0.3 is 133 Å². The molecule has 0 N–H and O–H groups in total. The van der Waals surface area contributed by atoms with E-state index in [2.05, 4.69) is 20.8 Å². The molecule has 3 nitrogen and oxygen atoms in total. The maximum atomic E-state index is 12.3. The third kappa shape index (κ3) is 4.11. The number of rotatable bonds is 8. The molecule has 0 fully saturated rings. The zero-order valence-corrected chi connectivity index (χ0v) is 17.3. The molecule has 0 aliphatic heterocycles. The van der Waals surface area contributed by atoms with E-state index in [0.29, 0.717) is 5.75 Å². The van der Waals surface area contributed by atoms with Crippen molar-refractivity contribution in [1.29, 1.82) is 0 Å². The molecule has 0 bridgehead atoms. The van der Waals surface area contributed by atoms with E-state index in [1.165, 1.54) is 0 Å². The minimum absolute atomic E-state index is 0.222. The van der Waals surface area contributed by atoms with Gasteiger partial charge in [0.2, 0.25) is 0 Å². The van der Waals surface area contributed by atoms with Crippen molar-refractivity contribution in [2.24, 2.45) is 0 Å². The fraction of sp³-hybridized carbons (Fsp3) is 0.765. The van der Waals surface area contributed by atoms with Crippen LogP contribution in [0.25, 0.3) is 0 Å². The molecule has 0 aromatic heterocycles. The molecule has 0 heterocycles. The predicted octanol–water partition coefficient (Wildman–Crippen LogP) is 3.35. The zero-order valence-electron chi connectivity index (χ0n) is 14.5. The topological polar surface area (TPSA) is 43.4 Å². The predicted molar refractivity (Wildman–Crippen MR) is 92.4 cm³/mol. The molecule has 0 spiro atoms. The summed E-state index contributed by atoms with van der Waals surface area (Å²) in [5, 5.41) is 0. The molecule has 0 radical (unpaired) electrons. The molecular weight excluding hydrogens is 371 g/mol. The van der Waals surface area contributed by atoms with Gasteiger partial charge in [0.05, 0.1) is 0 Å². The Kier molecular flexibility index (Phi) is 6.51. The molecular formula is C17H30O3Sn. The summed E-state index contributed by atoms with van der Waals surface area (Å²) in [5.41, 5.74) is -1.02. The summed E-state index contributed by atoms with van der Waals surface area (Å²) < 4.78 is 10.2. The van der Waals surface area contributed by atoms with Crippen molar-refractivity contribution in [2.45, 2.75) is 79.7 Å². The molecule has 1 aromatic carbocycles. The van der Waals surface area contributed by atoms with Crippen LogP contribution in [0.4, 0.5) is 0 Å². The van der Waals surface area contributed by atoms with E-state index in [1.807, 2.05) is 20.8 Å². The van der Waals surface area contributed by atoms with E-state index in [4.69, 9.17) is 4.74 Å². The molecule has 0 aliphatic carbocycles. The van der Waals surface area contributed by atoms with Crippen LogP contribution < -0.4 is 19.2 Å². The maximum absolute atomic E-state index is 12.3. The Morgan fingerprint density at radius 2 is 1.29 bits per heavy atom. The monoisotopic (exact) mass is 402 g/mol. The van der Waals surface area contributed by atoms with Gasteiger partial charge in [-0.2, -0.15) is 0 Å². The summed E-state index contributed by atoms with van der Waals surface area (Å²) in [6.07, 6.45) is 3.30. The summed E-state index contributed by atoms with van der Waals surface area (Å²) in [6.45, 7) is 12.4. The fourth-order valence-corrected chi connectivity index (χ4v) is 19.5. The summed E-state index contributed by atoms with van der Waals surface area (Å²) in [5.74, 6) is 0.429. The van der Waals surface area contributed by atoms with Gasteiger partial charge in [-0.1, -0.05) is 0 Å². The molecule has 21 heavy (non-hydrogen) atoms. The second-order valence-corrected chi connectivity index (χ2v) is 20.1. The molecule has 1 aromatic rings. The molecule has 120 valence electrons. The van der Waals surface area contributed by atoms with Crippen molar-refractivity contribution in [3.63, 3.8) is 0 Å². The molecule has 0 unspecified atom stereocenters. The van der Waals surface area contributed by atoms with E-state index in [1.54, 1.807) is 0 Å². The van der Waals surface area contributed by atoms with E-state index in [-0.39, 0.29) is 10.9 Å². The second kappa shape index (κ2) is 7.29. The Hall–Kier alpha value is -0.321. The van der Waals surface area contributed by atoms with Crippen LogP contribution in [0, 0.1) is 0 Å². The van der Waals surface area contributed by atoms with Crippen molar-refractivity contribution >= 4 is 22.0 Å². The SMILES string of the molecule is CC[CH2][Sn]([CH2]CC)([CH2]CC)[c]1c(OC(C)(C)C)c(=O)c1=O. The van der Waals surface area contributed by atoms with Gasteiger partial charge in [-0.05, 0) is 0 Å². The van der Waals surface area contributed by atoms with Crippen LogP contribution in [0.2, 0.25) is 13.3 Å². The summed E-state index contributed by atoms with van der Waals surface area (Å²) >= 11 is -2.78. The molecule has 0 amide bonds. The van der Waals surface area contributed by atoms with Gasteiger partial charge < -0.3 is 0 Å². The van der Waals surface area contributed by atoms with Gasteiger partial charge in [0.15, 0.2) is 0 Å². The van der Waals surface area contributed by atoms with Gasteiger partial charge in [-0.25, -0.2) is 0 Å². The second-order valence-electron chi connectivity index (χ2n) is 7.11. The quantitative estimate of drug-likeness (QED) is 0.496. The Morgan fingerprint density at radius 1 is 0.857 bits per heavy atom. The Labute approximate surface area is 132 Å². The average Bonchev–Trinajstić information content (AvgIpc) is 2.37. The summed E-state index contributed by atoms with van der Waals surface area (Å²) in [7, 11) is 0. The number of ether oxygens (including phenoxy) is 1. The third-order valence-electron chi connectivity index (χ3n) is 3.99. The molecule has 4 heteroatoms. The van der Waals surface area contributed by atoms with E-state index in [0.717, 1.165) is 36.2 Å². The van der Waals surface area contributed by atoms with Crippen LogP contribution >= 0.6 is 0 Å². The van der Waals surface area contributed by atoms with Crippen LogP contribution in [0.3, 0.4) is 0 Å². The van der Waals surface area contributed by atoms with Crippen LogP contribution in [0.15, 0.2) is 9.59 Å². The van der Waals surface area contributed by atoms with Gasteiger partial charge in [0.1, 0.15) is 0 Å². The first-order chi connectivity index (χ1) is 9.72. The van der Waals surface area contributed by atoms with Gasteiger partial charge in [0.25, 0.3) is 0 Å². The normalized spacial score (nSPS) is 12.9. The molecule has 0 saturated carbocycles. The summed E-state index contributed by atoms with van der Waals surface area (Å²) in [6, 6.07) is 0. The first-order valence-corrected chi connectivity index (χ1v) is 15.7. The van der Waals surface area contributed by atoms with Gasteiger partial charge in [-0.3, -0.25) is 0 Å². The molecule has 0 saturated heterocycles. The average molecular weight is 401 g/mol. The van der Waals surface area contributed by atoms with E-state index in [9.17, 15) is 9.59 Å². The van der Waals surface area contributed by atoms with Crippen LogP contribution in [0.1, 0.15) is 60.8 Å². The fourth-order valence-electron chi connectivity index (χ4n) is 3.44. The Bertz CT molecular complexity index is 516. The standard InChI is InChI=1S/C8H9O3.3C3H7.Sn/c1-8(2,3)11-6-4-5(9)7(6)10;3*1-3-2;/h1-3H3;3*1,3H2,2H3;. The molecule has 0 aliphatic rings. The van der Waals surface area contributed by atoms with Crippen molar-refractivity contribution in [2.75, 3.05) is 0 Å². The molecule has 1 rings (SSSR count). The number of hydrogen-bond donors (Lipinski definition) is 0. The first kappa shape index (κ1) is 18.7. The van der Waals surface area contributed by atoms with E-state index >= 15 is 0 Å². The molecule has 0 atom stereocenters. The van der Waals surface area contributed by atoms with Crippen LogP contribution in [-0.4, -0.2) is 24.0 Å².